The lowest BCUT2D eigenvalue weighted by Crippen LogP contribution is -2.58. The fraction of sp³-hybridized carbons (Fsp3) is 0.632. The molecule has 0 amide bonds. The highest BCUT2D eigenvalue weighted by atomic mass is 35.7. The van der Waals surface area contributed by atoms with Crippen LogP contribution in [0.2, 0.25) is 0 Å². The van der Waals surface area contributed by atoms with Gasteiger partial charge in [0.05, 0.1) is 5.54 Å². The second-order valence-corrected chi connectivity index (χ2v) is 19.6. The van der Waals surface area contributed by atoms with Crippen molar-refractivity contribution in [3.63, 3.8) is 0 Å². The molecule has 0 heterocycles. The molecule has 2 nitrogen and oxygen atoms in total. The molecule has 0 atom stereocenters. The molecule has 6 heteroatoms. The van der Waals surface area contributed by atoms with E-state index in [2.05, 4.69) is 79.0 Å². The van der Waals surface area contributed by atoms with Gasteiger partial charge in [-0.3, -0.25) is 4.99 Å². The Hall–Kier alpha value is -0.163. The summed E-state index contributed by atoms with van der Waals surface area (Å²) in [7, 11) is 0. The van der Waals surface area contributed by atoms with Crippen LogP contribution in [-0.2, 0) is 0 Å². The van der Waals surface area contributed by atoms with Gasteiger partial charge in [0.1, 0.15) is 5.84 Å². The van der Waals surface area contributed by atoms with Crippen LogP contribution in [0.5, 0.6) is 0 Å². The maximum Gasteiger partial charge on any atom is 0.420 e. The van der Waals surface area contributed by atoms with E-state index in [1.807, 2.05) is 18.2 Å². The van der Waals surface area contributed by atoms with Gasteiger partial charge in [0.2, 0.25) is 0 Å². The molecule has 0 aliphatic heterocycles. The summed E-state index contributed by atoms with van der Waals surface area (Å²) in [6.07, 6.45) is 0. The van der Waals surface area contributed by atoms with Crippen molar-refractivity contribution in [3.8, 4) is 0 Å². The third-order valence-electron chi connectivity index (χ3n) is 3.05. The molecule has 1 rings (SSSR count). The number of aliphatic imine (C=N–C) groups is 1. The molecule has 0 bridgehead atoms. The van der Waals surface area contributed by atoms with Gasteiger partial charge in [0.15, 0.2) is 0 Å². The van der Waals surface area contributed by atoms with Gasteiger partial charge in [-0.2, -0.15) is 0 Å². The highest BCUT2D eigenvalue weighted by Crippen LogP contribution is 2.45. The van der Waals surface area contributed by atoms with E-state index in [4.69, 9.17) is 27.2 Å². The Morgan fingerprint density at radius 1 is 0.920 bits per heavy atom. The second-order valence-electron chi connectivity index (χ2n) is 9.18. The molecule has 0 aromatic heterocycles. The minimum Gasteiger partial charge on any atom is -0.346 e. The summed E-state index contributed by atoms with van der Waals surface area (Å²) < 4.78 is 2.13. The van der Waals surface area contributed by atoms with E-state index < -0.39 is 6.00 Å². The first-order valence-electron chi connectivity index (χ1n) is 8.56. The van der Waals surface area contributed by atoms with E-state index in [-0.39, 0.29) is 15.8 Å². The van der Waals surface area contributed by atoms with Gasteiger partial charge in [-0.25, -0.2) is 0 Å². The topological polar surface area (TPSA) is 15.6 Å². The fourth-order valence-corrected chi connectivity index (χ4v) is 14.2. The zero-order chi connectivity index (χ0) is 19.7. The first kappa shape index (κ1) is 22.9. The monoisotopic (exact) mass is 418 g/mol. The molecule has 0 saturated heterocycles. The molecule has 0 unspecified atom stereocenters. The number of nitrogens with zero attached hydrogens (tertiary/aromatic N) is 2. The third kappa shape index (κ3) is 7.54. The quantitative estimate of drug-likeness (QED) is 0.232. The number of rotatable bonds is 3. The van der Waals surface area contributed by atoms with E-state index in [0.29, 0.717) is 0 Å². The number of hydrogen-bond acceptors (Lipinski definition) is 2. The molecule has 0 radical (unpaired) electrons. The highest BCUT2D eigenvalue weighted by Gasteiger charge is 2.48. The smallest absolute Gasteiger partial charge is 0.346 e. The molecule has 0 spiro atoms. The number of hydrogen-bond donors (Lipinski definition) is 0. The van der Waals surface area contributed by atoms with Crippen molar-refractivity contribution >= 4 is 45.2 Å². The van der Waals surface area contributed by atoms with Crippen LogP contribution in [0, 0.1) is 0 Å². The minimum atomic E-state index is -2.89. The van der Waals surface area contributed by atoms with Crippen LogP contribution in [0.3, 0.4) is 0 Å². The van der Waals surface area contributed by atoms with E-state index in [0.717, 1.165) is 11.4 Å². The summed E-state index contributed by atoms with van der Waals surface area (Å²) in [4.78, 5) is 5.04. The molecule has 0 fully saturated rings. The van der Waals surface area contributed by atoms with Crippen molar-refractivity contribution < 1.29 is 0 Å². The summed E-state index contributed by atoms with van der Waals surface area (Å²) >= 11 is 15.8. The number of amidine groups is 1. The summed E-state index contributed by atoms with van der Waals surface area (Å²) in [6, 6.07) is 7.32. The van der Waals surface area contributed by atoms with Crippen molar-refractivity contribution in [2.45, 2.75) is 78.1 Å². The molecule has 142 valence electrons. The van der Waals surface area contributed by atoms with Gasteiger partial charge >= 0.3 is 6.00 Å². The van der Waals surface area contributed by atoms with Crippen LogP contribution < -0.4 is 0 Å². The van der Waals surface area contributed by atoms with E-state index in [1.165, 1.54) is 0 Å². The summed E-state index contributed by atoms with van der Waals surface area (Å²) in [5, 5.41) is 0. The molecule has 0 aliphatic carbocycles. The Kier molecular flexibility index (Phi) is 7.17. The first-order valence-corrected chi connectivity index (χ1v) is 14.1. The molecule has 1 aromatic rings. The predicted molar refractivity (Wildman–Crippen MR) is 119 cm³/mol. The molecule has 25 heavy (non-hydrogen) atoms. The summed E-state index contributed by atoms with van der Waals surface area (Å²) in [6.45, 7) is 19.2. The first-order chi connectivity index (χ1) is 11.0. The van der Waals surface area contributed by atoms with Crippen molar-refractivity contribution in [1.29, 1.82) is 0 Å². The SMILES string of the molecule is CC(C)(C)N=C(c1ccccc1)N(C(C)(C)C)[Si](Cl)(Cl)SC(C)(C)C. The highest BCUT2D eigenvalue weighted by molar-refractivity contribution is 8.39. The van der Waals surface area contributed by atoms with E-state index in [9.17, 15) is 0 Å². The lowest BCUT2D eigenvalue weighted by Gasteiger charge is -2.46. The van der Waals surface area contributed by atoms with Crippen molar-refractivity contribution in [3.05, 3.63) is 35.9 Å². The van der Waals surface area contributed by atoms with Crippen molar-refractivity contribution in [2.75, 3.05) is 0 Å². The molecular weight excluding hydrogens is 387 g/mol. The predicted octanol–water partition coefficient (Wildman–Crippen LogP) is 6.78. The van der Waals surface area contributed by atoms with E-state index >= 15 is 0 Å². The van der Waals surface area contributed by atoms with Gasteiger partial charge in [0.25, 0.3) is 0 Å². The Morgan fingerprint density at radius 3 is 1.76 bits per heavy atom. The molecule has 0 saturated carbocycles. The van der Waals surface area contributed by atoms with Crippen LogP contribution in [0.25, 0.3) is 0 Å². The zero-order valence-corrected chi connectivity index (χ0v) is 20.3. The average molecular weight is 420 g/mol. The maximum atomic E-state index is 7.06. The van der Waals surface area contributed by atoms with E-state index in [1.54, 1.807) is 11.2 Å². The molecule has 0 N–H and O–H groups in total. The van der Waals surface area contributed by atoms with Crippen LogP contribution in [0.1, 0.15) is 67.9 Å². The maximum absolute atomic E-state index is 7.06. The lowest BCUT2D eigenvalue weighted by molar-refractivity contribution is 0.355. The van der Waals surface area contributed by atoms with Gasteiger partial charge in [-0.15, -0.1) is 33.4 Å². The van der Waals surface area contributed by atoms with Crippen LogP contribution in [0.4, 0.5) is 0 Å². The van der Waals surface area contributed by atoms with Crippen molar-refractivity contribution in [1.82, 2.24) is 4.57 Å². The normalized spacial score (nSPS) is 14.6. The average Bonchev–Trinajstić information content (AvgIpc) is 2.32. The van der Waals surface area contributed by atoms with Gasteiger partial charge in [-0.1, -0.05) is 51.1 Å². The Morgan fingerprint density at radius 2 is 1.40 bits per heavy atom. The third-order valence-corrected chi connectivity index (χ3v) is 10.8. The Balaban J connectivity index is 3.60. The summed E-state index contributed by atoms with van der Waals surface area (Å²) in [5.74, 6) is 0.869. The van der Waals surface area contributed by atoms with Gasteiger partial charge < -0.3 is 4.57 Å². The zero-order valence-electron chi connectivity index (χ0n) is 16.9. The lowest BCUT2D eigenvalue weighted by atomic mass is 10.1. The Labute approximate surface area is 168 Å². The molecular formula is C19H32Cl2N2SSi. The minimum absolute atomic E-state index is 0.0389. The van der Waals surface area contributed by atoms with Gasteiger partial charge in [0, 0.05) is 15.8 Å². The molecule has 1 aromatic carbocycles. The van der Waals surface area contributed by atoms with Crippen LogP contribution >= 0.6 is 33.4 Å². The van der Waals surface area contributed by atoms with Crippen LogP contribution in [-0.4, -0.2) is 32.2 Å². The molecule has 0 aliphatic rings. The second kappa shape index (κ2) is 7.83. The Bertz CT molecular complexity index is 597. The fourth-order valence-electron chi connectivity index (χ4n) is 2.39. The number of benzene rings is 1. The standard InChI is InChI=1S/C19H32Cl2N2SSi/c1-17(2,3)22-16(15-13-11-10-12-14-15)23(18(4,5)6)25(20,21)24-19(7,8)9/h10-14H,1-9H3. The largest absolute Gasteiger partial charge is 0.420 e. The van der Waals surface area contributed by atoms with Gasteiger partial charge in [-0.05, 0) is 41.5 Å². The van der Waals surface area contributed by atoms with Crippen LogP contribution in [0.15, 0.2) is 35.3 Å². The number of halogens is 2. The summed E-state index contributed by atoms with van der Waals surface area (Å²) in [5.41, 5.74) is 0.549. The van der Waals surface area contributed by atoms with Crippen molar-refractivity contribution in [2.24, 2.45) is 4.99 Å².